The van der Waals surface area contributed by atoms with E-state index < -0.39 is 10.0 Å². The molecule has 0 atom stereocenters. The van der Waals surface area contributed by atoms with Gasteiger partial charge in [-0.1, -0.05) is 24.3 Å². The van der Waals surface area contributed by atoms with Gasteiger partial charge in [0.25, 0.3) is 0 Å². The Labute approximate surface area is 102 Å². The van der Waals surface area contributed by atoms with E-state index in [9.17, 15) is 8.42 Å². The molecule has 0 spiro atoms. The summed E-state index contributed by atoms with van der Waals surface area (Å²) in [6.07, 6.45) is 2.09. The Morgan fingerprint density at radius 2 is 1.82 bits per heavy atom. The fourth-order valence-corrected chi connectivity index (χ4v) is 3.57. The second-order valence-corrected chi connectivity index (χ2v) is 6.33. The topological polar surface area (TPSA) is 72.2 Å². The second-order valence-electron chi connectivity index (χ2n) is 4.45. The van der Waals surface area contributed by atoms with E-state index in [2.05, 4.69) is 16.9 Å². The summed E-state index contributed by atoms with van der Waals surface area (Å²) < 4.78 is 26.2. The first-order valence-electron chi connectivity index (χ1n) is 5.87. The molecule has 0 saturated carbocycles. The Bertz CT molecular complexity index is 460. The predicted molar refractivity (Wildman–Crippen MR) is 68.2 cm³/mol. The molecule has 0 amide bonds. The van der Waals surface area contributed by atoms with Gasteiger partial charge >= 0.3 is 0 Å². The molecule has 5 heteroatoms. The van der Waals surface area contributed by atoms with Gasteiger partial charge in [-0.3, -0.25) is 0 Å². The maximum absolute atomic E-state index is 11.7. The van der Waals surface area contributed by atoms with E-state index in [0.29, 0.717) is 13.0 Å². The lowest BCUT2D eigenvalue weighted by Crippen LogP contribution is -2.37. The van der Waals surface area contributed by atoms with Crippen LogP contribution in [0.4, 0.5) is 0 Å². The van der Waals surface area contributed by atoms with E-state index in [-0.39, 0.29) is 11.8 Å². The average molecular weight is 254 g/mol. The van der Waals surface area contributed by atoms with Crippen molar-refractivity contribution in [2.45, 2.75) is 25.3 Å². The molecule has 4 nitrogen and oxygen atoms in total. The van der Waals surface area contributed by atoms with Crippen LogP contribution in [-0.2, 0) is 22.9 Å². The molecule has 1 aliphatic rings. The molecule has 94 valence electrons. The minimum absolute atomic E-state index is 0.00942. The van der Waals surface area contributed by atoms with E-state index >= 15 is 0 Å². The minimum atomic E-state index is -3.17. The molecular formula is C12H18N2O2S. The SMILES string of the molecule is NCCCS(=O)(=O)NC1Cc2ccccc2C1. The Morgan fingerprint density at radius 1 is 1.24 bits per heavy atom. The zero-order valence-corrected chi connectivity index (χ0v) is 10.5. The van der Waals surface area contributed by atoms with Crippen molar-refractivity contribution in [2.24, 2.45) is 5.73 Å². The summed E-state index contributed by atoms with van der Waals surface area (Å²) >= 11 is 0. The second kappa shape index (κ2) is 5.16. The molecule has 0 heterocycles. The van der Waals surface area contributed by atoms with Crippen LogP contribution in [0.3, 0.4) is 0 Å². The van der Waals surface area contributed by atoms with Crippen LogP contribution in [0.15, 0.2) is 24.3 Å². The molecule has 0 fully saturated rings. The van der Waals surface area contributed by atoms with Gasteiger partial charge in [0.2, 0.25) is 10.0 Å². The van der Waals surface area contributed by atoms with Crippen molar-refractivity contribution in [2.75, 3.05) is 12.3 Å². The van der Waals surface area contributed by atoms with Crippen molar-refractivity contribution in [1.29, 1.82) is 0 Å². The van der Waals surface area contributed by atoms with Crippen LogP contribution in [-0.4, -0.2) is 26.8 Å². The first-order valence-corrected chi connectivity index (χ1v) is 7.53. The Hall–Kier alpha value is -0.910. The molecule has 0 unspecified atom stereocenters. The monoisotopic (exact) mass is 254 g/mol. The first kappa shape index (κ1) is 12.5. The number of hydrogen-bond donors (Lipinski definition) is 2. The quantitative estimate of drug-likeness (QED) is 0.800. The van der Waals surface area contributed by atoms with Crippen LogP contribution < -0.4 is 10.5 Å². The predicted octanol–water partition coefficient (Wildman–Crippen LogP) is 0.422. The lowest BCUT2D eigenvalue weighted by atomic mass is 10.1. The molecule has 17 heavy (non-hydrogen) atoms. The van der Waals surface area contributed by atoms with Gasteiger partial charge in [0.15, 0.2) is 0 Å². The largest absolute Gasteiger partial charge is 0.330 e. The highest BCUT2D eigenvalue weighted by Gasteiger charge is 2.24. The molecule has 0 aromatic heterocycles. The zero-order chi connectivity index (χ0) is 12.3. The minimum Gasteiger partial charge on any atom is -0.330 e. The van der Waals surface area contributed by atoms with Crippen LogP contribution in [0.25, 0.3) is 0 Å². The van der Waals surface area contributed by atoms with E-state index in [0.717, 1.165) is 12.8 Å². The third kappa shape index (κ3) is 3.28. The summed E-state index contributed by atoms with van der Waals surface area (Å²) in [4.78, 5) is 0. The molecular weight excluding hydrogens is 236 g/mol. The van der Waals surface area contributed by atoms with Gasteiger partial charge in [-0.2, -0.15) is 0 Å². The van der Waals surface area contributed by atoms with Crippen molar-refractivity contribution in [3.63, 3.8) is 0 Å². The molecule has 0 aliphatic heterocycles. The third-order valence-electron chi connectivity index (χ3n) is 3.01. The van der Waals surface area contributed by atoms with Crippen molar-refractivity contribution < 1.29 is 8.42 Å². The number of rotatable bonds is 5. The van der Waals surface area contributed by atoms with Crippen molar-refractivity contribution >= 4 is 10.0 Å². The molecule has 1 aromatic carbocycles. The molecule has 2 rings (SSSR count). The summed E-state index contributed by atoms with van der Waals surface area (Å²) in [5, 5.41) is 0. The summed E-state index contributed by atoms with van der Waals surface area (Å²) in [6.45, 7) is 0.409. The summed E-state index contributed by atoms with van der Waals surface area (Å²) in [6, 6.07) is 8.11. The van der Waals surface area contributed by atoms with Gasteiger partial charge < -0.3 is 5.73 Å². The Balaban J connectivity index is 1.96. The van der Waals surface area contributed by atoms with Crippen LogP contribution in [0.5, 0.6) is 0 Å². The Kier molecular flexibility index (Phi) is 3.81. The van der Waals surface area contributed by atoms with Crippen molar-refractivity contribution in [3.8, 4) is 0 Å². The van der Waals surface area contributed by atoms with Gasteiger partial charge in [0, 0.05) is 6.04 Å². The number of nitrogens with one attached hydrogen (secondary N) is 1. The highest BCUT2D eigenvalue weighted by Crippen LogP contribution is 2.22. The van der Waals surface area contributed by atoms with Crippen LogP contribution in [0, 0.1) is 0 Å². The highest BCUT2D eigenvalue weighted by molar-refractivity contribution is 7.89. The number of hydrogen-bond acceptors (Lipinski definition) is 3. The zero-order valence-electron chi connectivity index (χ0n) is 9.72. The normalized spacial score (nSPS) is 16.1. The van der Waals surface area contributed by atoms with Gasteiger partial charge in [-0.05, 0) is 36.9 Å². The number of fused-ring (bicyclic) bond motifs is 1. The average Bonchev–Trinajstić information content (AvgIpc) is 2.67. The summed E-state index contributed by atoms with van der Waals surface area (Å²) in [5.74, 6) is 0.121. The molecule has 1 aromatic rings. The Morgan fingerprint density at radius 3 is 2.35 bits per heavy atom. The molecule has 0 saturated heterocycles. The molecule has 0 radical (unpaired) electrons. The lowest BCUT2D eigenvalue weighted by Gasteiger charge is -2.12. The first-order chi connectivity index (χ1) is 8.11. The standard InChI is InChI=1S/C12H18N2O2S/c13-6-3-7-17(15,16)14-12-8-10-4-1-2-5-11(10)9-12/h1-2,4-5,12,14H,3,6-9,13H2. The summed E-state index contributed by atoms with van der Waals surface area (Å²) in [7, 11) is -3.17. The van der Waals surface area contributed by atoms with E-state index in [1.54, 1.807) is 0 Å². The third-order valence-corrected chi connectivity index (χ3v) is 4.53. The van der Waals surface area contributed by atoms with Gasteiger partial charge in [0.05, 0.1) is 5.75 Å². The fourth-order valence-electron chi connectivity index (χ4n) is 2.23. The lowest BCUT2D eigenvalue weighted by molar-refractivity contribution is 0.553. The van der Waals surface area contributed by atoms with Crippen LogP contribution >= 0.6 is 0 Å². The molecule has 3 N–H and O–H groups in total. The number of benzene rings is 1. The van der Waals surface area contributed by atoms with E-state index in [1.165, 1.54) is 11.1 Å². The van der Waals surface area contributed by atoms with Gasteiger partial charge in [0.1, 0.15) is 0 Å². The smallest absolute Gasteiger partial charge is 0.211 e. The molecule has 1 aliphatic carbocycles. The van der Waals surface area contributed by atoms with E-state index in [1.807, 2.05) is 12.1 Å². The van der Waals surface area contributed by atoms with Crippen molar-refractivity contribution in [3.05, 3.63) is 35.4 Å². The van der Waals surface area contributed by atoms with Gasteiger partial charge in [-0.25, -0.2) is 13.1 Å². The van der Waals surface area contributed by atoms with Crippen LogP contribution in [0.2, 0.25) is 0 Å². The molecule has 0 bridgehead atoms. The fraction of sp³-hybridized carbons (Fsp3) is 0.500. The van der Waals surface area contributed by atoms with Crippen molar-refractivity contribution in [1.82, 2.24) is 4.72 Å². The van der Waals surface area contributed by atoms with Crippen LogP contribution in [0.1, 0.15) is 17.5 Å². The highest BCUT2D eigenvalue weighted by atomic mass is 32.2. The number of sulfonamides is 1. The number of nitrogens with two attached hydrogens (primary N) is 1. The maximum Gasteiger partial charge on any atom is 0.211 e. The summed E-state index contributed by atoms with van der Waals surface area (Å²) in [5.41, 5.74) is 7.82. The van der Waals surface area contributed by atoms with E-state index in [4.69, 9.17) is 5.73 Å². The maximum atomic E-state index is 11.7. The van der Waals surface area contributed by atoms with Gasteiger partial charge in [-0.15, -0.1) is 0 Å².